The van der Waals surface area contributed by atoms with Crippen molar-refractivity contribution in [2.45, 2.75) is 25.6 Å². The third-order valence-electron chi connectivity index (χ3n) is 3.49. The standard InChI is InChI=1S/C11H19NO3/c1-8-6-9(10(13)12(2)3)7-11(8)14-4-5-15-11/h8-9H,4-7H2,1-3H3. The predicted octanol–water partition coefficient (Wildman–Crippen LogP) is 0.864. The summed E-state index contributed by atoms with van der Waals surface area (Å²) in [7, 11) is 3.60. The van der Waals surface area contributed by atoms with Crippen LogP contribution in [0.4, 0.5) is 0 Å². The number of hydrogen-bond acceptors (Lipinski definition) is 3. The molecular formula is C11H19NO3. The van der Waals surface area contributed by atoms with Crippen LogP contribution in [0.15, 0.2) is 0 Å². The van der Waals surface area contributed by atoms with Crippen LogP contribution in [0.2, 0.25) is 0 Å². The summed E-state index contributed by atoms with van der Waals surface area (Å²) in [6.45, 7) is 3.43. The molecule has 0 radical (unpaired) electrons. The summed E-state index contributed by atoms with van der Waals surface area (Å²) in [6.07, 6.45) is 1.59. The van der Waals surface area contributed by atoms with Crippen LogP contribution in [0.3, 0.4) is 0 Å². The van der Waals surface area contributed by atoms with Gasteiger partial charge in [0.05, 0.1) is 13.2 Å². The Morgan fingerprint density at radius 3 is 2.47 bits per heavy atom. The molecule has 1 aliphatic carbocycles. The zero-order chi connectivity index (χ0) is 11.1. The van der Waals surface area contributed by atoms with Crippen LogP contribution < -0.4 is 0 Å². The van der Waals surface area contributed by atoms with Crippen molar-refractivity contribution >= 4 is 5.91 Å². The highest BCUT2D eigenvalue weighted by atomic mass is 16.7. The average molecular weight is 213 g/mol. The maximum atomic E-state index is 11.8. The van der Waals surface area contributed by atoms with E-state index in [1.165, 1.54) is 0 Å². The SMILES string of the molecule is CC1CC(C(=O)N(C)C)CC12OCCO2. The number of amides is 1. The summed E-state index contributed by atoms with van der Waals surface area (Å²) in [6, 6.07) is 0. The van der Waals surface area contributed by atoms with E-state index < -0.39 is 5.79 Å². The Hall–Kier alpha value is -0.610. The molecule has 15 heavy (non-hydrogen) atoms. The van der Waals surface area contributed by atoms with Gasteiger partial charge in [0.25, 0.3) is 0 Å². The molecule has 4 heteroatoms. The minimum absolute atomic E-state index is 0.0631. The molecule has 1 spiro atoms. The summed E-state index contributed by atoms with van der Waals surface area (Å²) in [5.74, 6) is 0.107. The van der Waals surface area contributed by atoms with E-state index in [0.29, 0.717) is 25.6 Å². The molecular weight excluding hydrogens is 194 g/mol. The van der Waals surface area contributed by atoms with Gasteiger partial charge in [0.2, 0.25) is 5.91 Å². The van der Waals surface area contributed by atoms with E-state index in [4.69, 9.17) is 9.47 Å². The normalized spacial score (nSPS) is 33.5. The number of hydrogen-bond donors (Lipinski definition) is 0. The van der Waals surface area contributed by atoms with Crippen molar-refractivity contribution < 1.29 is 14.3 Å². The Labute approximate surface area is 90.5 Å². The van der Waals surface area contributed by atoms with Crippen LogP contribution in [-0.2, 0) is 14.3 Å². The average Bonchev–Trinajstić information content (AvgIpc) is 2.76. The second-order valence-corrected chi connectivity index (χ2v) is 4.78. The summed E-state index contributed by atoms with van der Waals surface area (Å²) in [5.41, 5.74) is 0. The van der Waals surface area contributed by atoms with Crippen molar-refractivity contribution in [3.8, 4) is 0 Å². The summed E-state index contributed by atoms with van der Waals surface area (Å²) >= 11 is 0. The fourth-order valence-corrected chi connectivity index (χ4v) is 2.66. The van der Waals surface area contributed by atoms with Crippen molar-refractivity contribution in [1.82, 2.24) is 4.90 Å². The van der Waals surface area contributed by atoms with Crippen LogP contribution >= 0.6 is 0 Å². The second kappa shape index (κ2) is 3.76. The van der Waals surface area contributed by atoms with E-state index in [1.807, 2.05) is 0 Å². The van der Waals surface area contributed by atoms with Crippen LogP contribution in [0, 0.1) is 11.8 Å². The summed E-state index contributed by atoms with van der Waals surface area (Å²) < 4.78 is 11.4. The van der Waals surface area contributed by atoms with Gasteiger partial charge in [0.15, 0.2) is 5.79 Å². The van der Waals surface area contributed by atoms with E-state index >= 15 is 0 Å². The predicted molar refractivity (Wildman–Crippen MR) is 55.2 cm³/mol. The molecule has 2 fully saturated rings. The fourth-order valence-electron chi connectivity index (χ4n) is 2.66. The van der Waals surface area contributed by atoms with Gasteiger partial charge in [-0.2, -0.15) is 0 Å². The molecule has 0 aromatic heterocycles. The Balaban J connectivity index is 2.06. The van der Waals surface area contributed by atoms with E-state index in [0.717, 1.165) is 6.42 Å². The lowest BCUT2D eigenvalue weighted by molar-refractivity contribution is -0.179. The molecule has 1 amide bonds. The van der Waals surface area contributed by atoms with Gasteiger partial charge in [-0.3, -0.25) is 4.79 Å². The highest BCUT2D eigenvalue weighted by molar-refractivity contribution is 5.78. The number of carbonyl (C=O) groups excluding carboxylic acids is 1. The van der Waals surface area contributed by atoms with Crippen molar-refractivity contribution in [1.29, 1.82) is 0 Å². The highest BCUT2D eigenvalue weighted by Gasteiger charge is 2.51. The Kier molecular flexibility index (Phi) is 2.73. The zero-order valence-electron chi connectivity index (χ0n) is 9.66. The Morgan fingerprint density at radius 1 is 1.33 bits per heavy atom. The third kappa shape index (κ3) is 1.76. The van der Waals surface area contributed by atoms with Gasteiger partial charge in [0.1, 0.15) is 0 Å². The molecule has 1 heterocycles. The molecule has 0 aromatic rings. The van der Waals surface area contributed by atoms with Crippen LogP contribution in [-0.4, -0.2) is 43.9 Å². The smallest absolute Gasteiger partial charge is 0.225 e. The van der Waals surface area contributed by atoms with Crippen molar-refractivity contribution in [2.75, 3.05) is 27.3 Å². The molecule has 1 saturated carbocycles. The first-order chi connectivity index (χ1) is 7.05. The van der Waals surface area contributed by atoms with E-state index in [9.17, 15) is 4.79 Å². The van der Waals surface area contributed by atoms with Crippen molar-refractivity contribution in [3.05, 3.63) is 0 Å². The summed E-state index contributed by atoms with van der Waals surface area (Å²) in [5, 5.41) is 0. The third-order valence-corrected chi connectivity index (χ3v) is 3.49. The monoisotopic (exact) mass is 213 g/mol. The first-order valence-corrected chi connectivity index (χ1v) is 5.54. The van der Waals surface area contributed by atoms with Gasteiger partial charge in [0, 0.05) is 32.4 Å². The largest absolute Gasteiger partial charge is 0.349 e. The van der Waals surface area contributed by atoms with Gasteiger partial charge in [-0.25, -0.2) is 0 Å². The molecule has 0 bridgehead atoms. The molecule has 2 aliphatic rings. The Morgan fingerprint density at radius 2 is 1.93 bits per heavy atom. The molecule has 0 N–H and O–H groups in total. The fraction of sp³-hybridized carbons (Fsp3) is 0.909. The van der Waals surface area contributed by atoms with Crippen LogP contribution in [0.5, 0.6) is 0 Å². The van der Waals surface area contributed by atoms with Gasteiger partial charge in [-0.1, -0.05) is 6.92 Å². The maximum Gasteiger partial charge on any atom is 0.225 e. The Bertz CT molecular complexity index is 259. The van der Waals surface area contributed by atoms with Gasteiger partial charge in [-0.15, -0.1) is 0 Å². The first kappa shape index (κ1) is 10.9. The van der Waals surface area contributed by atoms with E-state index in [1.54, 1.807) is 19.0 Å². The molecule has 1 saturated heterocycles. The number of nitrogens with zero attached hydrogens (tertiary/aromatic N) is 1. The second-order valence-electron chi connectivity index (χ2n) is 4.78. The minimum atomic E-state index is -0.462. The van der Waals surface area contributed by atoms with E-state index in [2.05, 4.69) is 6.92 Å². The number of carbonyl (C=O) groups is 1. The minimum Gasteiger partial charge on any atom is -0.349 e. The lowest BCUT2D eigenvalue weighted by Gasteiger charge is -2.26. The van der Waals surface area contributed by atoms with Crippen LogP contribution in [0.1, 0.15) is 19.8 Å². The topological polar surface area (TPSA) is 38.8 Å². The molecule has 4 nitrogen and oxygen atoms in total. The number of ether oxygens (including phenoxy) is 2. The quantitative estimate of drug-likeness (QED) is 0.648. The van der Waals surface area contributed by atoms with E-state index in [-0.39, 0.29) is 11.8 Å². The van der Waals surface area contributed by atoms with Gasteiger partial charge < -0.3 is 14.4 Å². The molecule has 2 unspecified atom stereocenters. The van der Waals surface area contributed by atoms with Crippen LogP contribution in [0.25, 0.3) is 0 Å². The molecule has 2 rings (SSSR count). The maximum absolute atomic E-state index is 11.8. The van der Waals surface area contributed by atoms with Gasteiger partial charge in [-0.05, 0) is 6.42 Å². The molecule has 1 aliphatic heterocycles. The molecule has 2 atom stereocenters. The van der Waals surface area contributed by atoms with Crippen molar-refractivity contribution in [3.63, 3.8) is 0 Å². The molecule has 0 aromatic carbocycles. The van der Waals surface area contributed by atoms with Crippen molar-refractivity contribution in [2.24, 2.45) is 11.8 Å². The zero-order valence-corrected chi connectivity index (χ0v) is 9.66. The lowest BCUT2D eigenvalue weighted by atomic mass is 10.0. The molecule has 86 valence electrons. The van der Waals surface area contributed by atoms with Gasteiger partial charge >= 0.3 is 0 Å². The number of rotatable bonds is 1. The summed E-state index contributed by atoms with van der Waals surface area (Å²) in [4.78, 5) is 13.5. The first-order valence-electron chi connectivity index (χ1n) is 5.54. The highest BCUT2D eigenvalue weighted by Crippen LogP contribution is 2.45. The lowest BCUT2D eigenvalue weighted by Crippen LogP contribution is -2.34.